The van der Waals surface area contributed by atoms with Gasteiger partial charge in [0.1, 0.15) is 6.04 Å². The maximum absolute atomic E-state index is 12.8. The Bertz CT molecular complexity index is 843. The van der Waals surface area contributed by atoms with Crippen molar-refractivity contribution in [3.05, 3.63) is 71.6 Å². The molecule has 0 saturated heterocycles. The first-order valence-corrected chi connectivity index (χ1v) is 8.98. The zero-order chi connectivity index (χ0) is 19.1. The fraction of sp³-hybridized carbons (Fsp3) is 0.300. The van der Waals surface area contributed by atoms with E-state index in [2.05, 4.69) is 30.6 Å². The van der Waals surface area contributed by atoms with E-state index >= 15 is 0 Å². The van der Waals surface area contributed by atoms with Gasteiger partial charge in [-0.05, 0) is 25.5 Å². The summed E-state index contributed by atoms with van der Waals surface area (Å²) >= 11 is 0. The second-order valence-electron chi connectivity index (χ2n) is 6.48. The van der Waals surface area contributed by atoms with E-state index in [0.29, 0.717) is 25.3 Å². The highest BCUT2D eigenvalue weighted by Crippen LogP contribution is 2.10. The minimum atomic E-state index is -0.463. The molecular weight excluding hydrogens is 340 g/mol. The van der Waals surface area contributed by atoms with Crippen molar-refractivity contribution in [3.8, 4) is 0 Å². The number of hydrogen-bond donors (Lipinski definition) is 3. The molecule has 0 aliphatic heterocycles. The molecule has 0 aliphatic carbocycles. The molecule has 0 radical (unpaired) electrons. The fourth-order valence-electron chi connectivity index (χ4n) is 2.87. The average molecular weight is 364 g/mol. The Labute approximate surface area is 158 Å². The number of aromatic nitrogens is 4. The van der Waals surface area contributed by atoms with Gasteiger partial charge in [-0.1, -0.05) is 30.3 Å². The van der Waals surface area contributed by atoms with Crippen LogP contribution in [0.5, 0.6) is 0 Å². The van der Waals surface area contributed by atoms with Crippen molar-refractivity contribution in [1.82, 2.24) is 25.3 Å². The van der Waals surface area contributed by atoms with Crippen LogP contribution >= 0.6 is 0 Å². The molecule has 1 aromatic carbocycles. The monoisotopic (exact) mass is 364 g/mol. The van der Waals surface area contributed by atoms with Crippen LogP contribution in [-0.2, 0) is 17.6 Å². The number of carbonyl (C=O) groups is 1. The zero-order valence-corrected chi connectivity index (χ0v) is 15.6. The SMILES string of the molecule is Cc1cc(C)nc(N[C@H](Cc2ccccc2)C(=O)NCCc2cnc[nH]2)n1. The van der Waals surface area contributed by atoms with Gasteiger partial charge in [0.25, 0.3) is 0 Å². The van der Waals surface area contributed by atoms with Crippen LogP contribution < -0.4 is 10.6 Å². The summed E-state index contributed by atoms with van der Waals surface area (Å²) in [6.45, 7) is 4.36. The molecular formula is C20H24N6O. The van der Waals surface area contributed by atoms with Crippen molar-refractivity contribution in [2.45, 2.75) is 32.7 Å². The Morgan fingerprint density at radius 3 is 2.56 bits per heavy atom. The lowest BCUT2D eigenvalue weighted by Gasteiger charge is -2.19. The average Bonchev–Trinajstić information content (AvgIpc) is 3.14. The van der Waals surface area contributed by atoms with Gasteiger partial charge < -0.3 is 15.6 Å². The number of nitrogens with one attached hydrogen (secondary N) is 3. The Hall–Kier alpha value is -3.22. The van der Waals surface area contributed by atoms with Crippen LogP contribution in [0.1, 0.15) is 22.6 Å². The quantitative estimate of drug-likeness (QED) is 0.569. The van der Waals surface area contributed by atoms with Gasteiger partial charge in [0.2, 0.25) is 11.9 Å². The van der Waals surface area contributed by atoms with Crippen molar-refractivity contribution >= 4 is 11.9 Å². The minimum absolute atomic E-state index is 0.0823. The van der Waals surface area contributed by atoms with Crippen molar-refractivity contribution < 1.29 is 4.79 Å². The summed E-state index contributed by atoms with van der Waals surface area (Å²) < 4.78 is 0. The van der Waals surface area contributed by atoms with Crippen molar-refractivity contribution in [1.29, 1.82) is 0 Å². The number of amides is 1. The molecule has 1 atom stereocenters. The van der Waals surface area contributed by atoms with Crippen LogP contribution in [0.15, 0.2) is 48.9 Å². The molecule has 0 bridgehead atoms. The highest BCUT2D eigenvalue weighted by atomic mass is 16.2. The predicted molar refractivity (Wildman–Crippen MR) is 104 cm³/mol. The summed E-state index contributed by atoms with van der Waals surface area (Å²) in [6.07, 6.45) is 4.64. The van der Waals surface area contributed by atoms with Crippen LogP contribution in [0.25, 0.3) is 0 Å². The number of imidazole rings is 1. The Kier molecular flexibility index (Phi) is 6.14. The molecule has 3 rings (SSSR count). The highest BCUT2D eigenvalue weighted by molar-refractivity contribution is 5.84. The summed E-state index contributed by atoms with van der Waals surface area (Å²) in [5.41, 5.74) is 3.79. The van der Waals surface area contributed by atoms with Gasteiger partial charge in [0.05, 0.1) is 6.33 Å². The van der Waals surface area contributed by atoms with E-state index in [4.69, 9.17) is 0 Å². The number of H-pyrrole nitrogens is 1. The number of aryl methyl sites for hydroxylation is 2. The highest BCUT2D eigenvalue weighted by Gasteiger charge is 2.20. The van der Waals surface area contributed by atoms with E-state index in [0.717, 1.165) is 22.6 Å². The Balaban J connectivity index is 1.68. The van der Waals surface area contributed by atoms with Gasteiger partial charge in [-0.25, -0.2) is 15.0 Å². The molecule has 0 saturated carbocycles. The second-order valence-corrected chi connectivity index (χ2v) is 6.48. The second kappa shape index (κ2) is 8.93. The Morgan fingerprint density at radius 1 is 1.15 bits per heavy atom. The lowest BCUT2D eigenvalue weighted by molar-refractivity contribution is -0.121. The summed E-state index contributed by atoms with van der Waals surface area (Å²) in [5, 5.41) is 6.18. The number of carbonyl (C=O) groups excluding carboxylic acids is 1. The van der Waals surface area contributed by atoms with E-state index in [1.54, 1.807) is 12.5 Å². The maximum atomic E-state index is 12.8. The molecule has 1 amide bonds. The first-order chi connectivity index (χ1) is 13.1. The molecule has 0 unspecified atom stereocenters. The van der Waals surface area contributed by atoms with Crippen molar-refractivity contribution in [3.63, 3.8) is 0 Å². The topological polar surface area (TPSA) is 95.6 Å². The van der Waals surface area contributed by atoms with Crippen LogP contribution in [0.2, 0.25) is 0 Å². The third-order valence-corrected chi connectivity index (χ3v) is 4.13. The van der Waals surface area contributed by atoms with E-state index in [-0.39, 0.29) is 5.91 Å². The third-order valence-electron chi connectivity index (χ3n) is 4.13. The summed E-state index contributed by atoms with van der Waals surface area (Å²) in [7, 11) is 0. The molecule has 3 N–H and O–H groups in total. The van der Waals surface area contributed by atoms with Gasteiger partial charge in [-0.3, -0.25) is 4.79 Å². The zero-order valence-electron chi connectivity index (χ0n) is 15.6. The summed E-state index contributed by atoms with van der Waals surface area (Å²) in [5.74, 6) is 0.387. The van der Waals surface area contributed by atoms with E-state index in [9.17, 15) is 4.79 Å². The normalized spacial score (nSPS) is 11.8. The maximum Gasteiger partial charge on any atom is 0.242 e. The molecule has 2 heterocycles. The van der Waals surface area contributed by atoms with E-state index in [1.165, 1.54) is 0 Å². The van der Waals surface area contributed by atoms with Gasteiger partial charge in [0, 0.05) is 42.7 Å². The van der Waals surface area contributed by atoms with Gasteiger partial charge >= 0.3 is 0 Å². The molecule has 0 aliphatic rings. The molecule has 3 aromatic rings. The number of hydrogen-bond acceptors (Lipinski definition) is 5. The molecule has 140 valence electrons. The fourth-order valence-corrected chi connectivity index (χ4v) is 2.87. The first-order valence-electron chi connectivity index (χ1n) is 8.98. The molecule has 2 aromatic heterocycles. The third kappa shape index (κ3) is 5.64. The number of rotatable bonds is 8. The number of anilines is 1. The van der Waals surface area contributed by atoms with Crippen molar-refractivity contribution in [2.75, 3.05) is 11.9 Å². The van der Waals surface area contributed by atoms with E-state index in [1.807, 2.05) is 50.2 Å². The molecule has 0 fully saturated rings. The first kappa shape index (κ1) is 18.6. The van der Waals surface area contributed by atoms with Crippen LogP contribution in [-0.4, -0.2) is 38.4 Å². The lowest BCUT2D eigenvalue weighted by atomic mass is 10.1. The van der Waals surface area contributed by atoms with E-state index < -0.39 is 6.04 Å². The smallest absolute Gasteiger partial charge is 0.242 e. The number of nitrogens with zero attached hydrogens (tertiary/aromatic N) is 3. The predicted octanol–water partition coefficient (Wildman–Crippen LogP) is 2.20. The summed E-state index contributed by atoms with van der Waals surface area (Å²) in [4.78, 5) is 28.6. The summed E-state index contributed by atoms with van der Waals surface area (Å²) in [6, 6.07) is 11.4. The standard InChI is InChI=1S/C20H24N6O/c1-14-10-15(2)25-20(24-14)26-18(11-16-6-4-3-5-7-16)19(27)22-9-8-17-12-21-13-23-17/h3-7,10,12-13,18H,8-9,11H2,1-2H3,(H,21,23)(H,22,27)(H,24,25,26)/t18-/m1/s1. The minimum Gasteiger partial charge on any atom is -0.354 e. The van der Waals surface area contributed by atoms with Crippen LogP contribution in [0.3, 0.4) is 0 Å². The molecule has 0 spiro atoms. The van der Waals surface area contributed by atoms with Gasteiger partial charge in [0.15, 0.2) is 0 Å². The van der Waals surface area contributed by atoms with Crippen LogP contribution in [0.4, 0.5) is 5.95 Å². The van der Waals surface area contributed by atoms with Crippen molar-refractivity contribution in [2.24, 2.45) is 0 Å². The largest absolute Gasteiger partial charge is 0.354 e. The lowest BCUT2D eigenvalue weighted by Crippen LogP contribution is -2.42. The van der Waals surface area contributed by atoms with Gasteiger partial charge in [-0.15, -0.1) is 0 Å². The van der Waals surface area contributed by atoms with Gasteiger partial charge in [-0.2, -0.15) is 0 Å². The Morgan fingerprint density at radius 2 is 1.89 bits per heavy atom. The van der Waals surface area contributed by atoms with Crippen LogP contribution in [0, 0.1) is 13.8 Å². The molecule has 27 heavy (non-hydrogen) atoms. The molecule has 7 nitrogen and oxygen atoms in total. The number of aromatic amines is 1. The number of benzene rings is 1. The molecule has 7 heteroatoms.